The lowest BCUT2D eigenvalue weighted by atomic mass is 10.1. The molecule has 0 saturated heterocycles. The molecule has 0 spiro atoms. The molecule has 3 N–H and O–H groups in total. The second kappa shape index (κ2) is 4.04. The van der Waals surface area contributed by atoms with Gasteiger partial charge in [-0.25, -0.2) is 0 Å². The summed E-state index contributed by atoms with van der Waals surface area (Å²) in [5, 5.41) is 8.59. The number of carboxylic acids is 1. The first-order valence-corrected chi connectivity index (χ1v) is 4.01. The molecule has 5 nitrogen and oxygen atoms in total. The van der Waals surface area contributed by atoms with Crippen LogP contribution in [0.1, 0.15) is 6.42 Å². The summed E-state index contributed by atoms with van der Waals surface area (Å²) in [5.74, 6) is -0.983. The highest BCUT2D eigenvalue weighted by Crippen LogP contribution is 2.11. The first kappa shape index (κ1) is 9.73. The van der Waals surface area contributed by atoms with Crippen molar-refractivity contribution in [2.24, 2.45) is 10.7 Å². The van der Waals surface area contributed by atoms with Crippen molar-refractivity contribution in [2.75, 3.05) is 13.6 Å². The Balaban J connectivity index is 2.57. The lowest BCUT2D eigenvalue weighted by molar-refractivity contribution is -0.138. The van der Waals surface area contributed by atoms with Crippen molar-refractivity contribution in [1.82, 2.24) is 4.90 Å². The van der Waals surface area contributed by atoms with E-state index in [1.807, 2.05) is 11.9 Å². The van der Waals surface area contributed by atoms with E-state index in [4.69, 9.17) is 10.8 Å². The Bertz CT molecular complexity index is 260. The smallest absolute Gasteiger partial charge is 0.320 e. The summed E-state index contributed by atoms with van der Waals surface area (Å²) in [6.45, 7) is 0.707. The maximum Gasteiger partial charge on any atom is 0.320 e. The Labute approximate surface area is 76.5 Å². The van der Waals surface area contributed by atoms with Gasteiger partial charge in [-0.05, 0) is 0 Å². The average Bonchev–Trinajstić information content (AvgIpc) is 2.08. The molecule has 0 saturated carbocycles. The van der Waals surface area contributed by atoms with Crippen LogP contribution in [-0.2, 0) is 4.79 Å². The van der Waals surface area contributed by atoms with Crippen molar-refractivity contribution in [3.63, 3.8) is 0 Å². The maximum atomic E-state index is 10.5. The van der Waals surface area contributed by atoms with Crippen LogP contribution in [0.4, 0.5) is 0 Å². The van der Waals surface area contributed by atoms with Gasteiger partial charge in [-0.15, -0.1) is 0 Å². The fraction of sp³-hybridized carbons (Fsp3) is 0.500. The Hall–Kier alpha value is -1.36. The minimum absolute atomic E-state index is 0.323. The van der Waals surface area contributed by atoms with Crippen LogP contribution in [0.25, 0.3) is 0 Å². The number of rotatable bonds is 3. The highest BCUT2D eigenvalue weighted by atomic mass is 16.4. The number of nitrogens with two attached hydrogens (primary N) is 1. The Kier molecular flexibility index (Phi) is 3.02. The van der Waals surface area contributed by atoms with E-state index in [-0.39, 0.29) is 0 Å². The first-order chi connectivity index (χ1) is 6.11. The number of carbonyl (C=O) groups is 1. The summed E-state index contributed by atoms with van der Waals surface area (Å²) in [5.41, 5.74) is 6.25. The molecule has 1 atom stereocenters. The topological polar surface area (TPSA) is 78.9 Å². The molecule has 0 radical (unpaired) electrons. The van der Waals surface area contributed by atoms with Crippen LogP contribution in [0.15, 0.2) is 16.9 Å². The largest absolute Gasteiger partial charge is 0.480 e. The molecule has 0 aliphatic carbocycles. The molecule has 0 fully saturated rings. The summed E-state index contributed by atoms with van der Waals surface area (Å²) in [6, 6.07) is -0.845. The predicted octanol–water partition coefficient (Wildman–Crippen LogP) is -0.354. The van der Waals surface area contributed by atoms with Crippen LogP contribution in [0.3, 0.4) is 0 Å². The van der Waals surface area contributed by atoms with Gasteiger partial charge in [0.25, 0.3) is 0 Å². The van der Waals surface area contributed by atoms with Crippen molar-refractivity contribution in [3.8, 4) is 0 Å². The summed E-state index contributed by atoms with van der Waals surface area (Å²) in [4.78, 5) is 16.3. The Morgan fingerprint density at radius 2 is 2.62 bits per heavy atom. The van der Waals surface area contributed by atoms with Gasteiger partial charge < -0.3 is 15.7 Å². The maximum absolute atomic E-state index is 10.5. The van der Waals surface area contributed by atoms with E-state index in [1.54, 1.807) is 12.4 Å². The molecular weight excluding hydrogens is 170 g/mol. The van der Waals surface area contributed by atoms with Crippen LogP contribution in [0.2, 0.25) is 0 Å². The molecule has 1 aliphatic rings. The third-order valence-electron chi connectivity index (χ3n) is 1.92. The minimum atomic E-state index is -0.983. The zero-order valence-electron chi connectivity index (χ0n) is 7.47. The molecular formula is C8H13N3O2. The molecule has 0 aromatic carbocycles. The molecule has 5 heteroatoms. The Morgan fingerprint density at radius 1 is 1.92 bits per heavy atom. The summed E-state index contributed by atoms with van der Waals surface area (Å²) >= 11 is 0. The molecule has 1 rings (SSSR count). The fourth-order valence-electron chi connectivity index (χ4n) is 1.05. The summed E-state index contributed by atoms with van der Waals surface area (Å²) < 4.78 is 0. The quantitative estimate of drug-likeness (QED) is 0.626. The third-order valence-corrected chi connectivity index (χ3v) is 1.92. The summed E-state index contributed by atoms with van der Waals surface area (Å²) in [7, 11) is 1.88. The first-order valence-electron chi connectivity index (χ1n) is 4.01. The van der Waals surface area contributed by atoms with Crippen LogP contribution < -0.4 is 5.73 Å². The molecule has 0 bridgehead atoms. The standard InChI is InChI=1S/C8H13N3O2/c1-11-3-2-10-5-6(11)4-7(9)8(12)13/h2,5,7H,3-4,9H2,1H3,(H,12,13). The minimum Gasteiger partial charge on any atom is -0.480 e. The molecule has 72 valence electrons. The van der Waals surface area contributed by atoms with Gasteiger partial charge in [0, 0.05) is 31.6 Å². The van der Waals surface area contributed by atoms with Crippen LogP contribution >= 0.6 is 0 Å². The van der Waals surface area contributed by atoms with E-state index in [0.29, 0.717) is 13.0 Å². The molecule has 13 heavy (non-hydrogen) atoms. The van der Waals surface area contributed by atoms with E-state index < -0.39 is 12.0 Å². The predicted molar refractivity (Wildman–Crippen MR) is 49.4 cm³/mol. The summed E-state index contributed by atoms with van der Waals surface area (Å²) in [6.07, 6.45) is 3.73. The van der Waals surface area contributed by atoms with Gasteiger partial charge in [-0.3, -0.25) is 9.79 Å². The van der Waals surface area contributed by atoms with Gasteiger partial charge in [-0.1, -0.05) is 0 Å². The lowest BCUT2D eigenvalue weighted by Crippen LogP contribution is -2.34. The van der Waals surface area contributed by atoms with E-state index in [0.717, 1.165) is 5.70 Å². The second-order valence-corrected chi connectivity index (χ2v) is 2.98. The monoisotopic (exact) mass is 183 g/mol. The number of hydrogen-bond donors (Lipinski definition) is 2. The van der Waals surface area contributed by atoms with Crippen molar-refractivity contribution in [3.05, 3.63) is 11.9 Å². The number of aliphatic carboxylic acids is 1. The normalized spacial score (nSPS) is 18.3. The van der Waals surface area contributed by atoms with E-state index in [9.17, 15) is 4.79 Å². The highest BCUT2D eigenvalue weighted by Gasteiger charge is 2.16. The second-order valence-electron chi connectivity index (χ2n) is 2.98. The lowest BCUT2D eigenvalue weighted by Gasteiger charge is -2.23. The van der Waals surface area contributed by atoms with Gasteiger partial charge in [0.15, 0.2) is 0 Å². The average molecular weight is 183 g/mol. The fourth-order valence-corrected chi connectivity index (χ4v) is 1.05. The zero-order chi connectivity index (χ0) is 9.84. The van der Waals surface area contributed by atoms with Gasteiger partial charge >= 0.3 is 5.97 Å². The van der Waals surface area contributed by atoms with Crippen LogP contribution in [0.5, 0.6) is 0 Å². The molecule has 0 aromatic heterocycles. The number of hydrogen-bond acceptors (Lipinski definition) is 4. The van der Waals surface area contributed by atoms with E-state index in [1.165, 1.54) is 0 Å². The molecule has 1 aliphatic heterocycles. The molecule has 1 heterocycles. The van der Waals surface area contributed by atoms with Gasteiger partial charge in [0.2, 0.25) is 0 Å². The zero-order valence-corrected chi connectivity index (χ0v) is 7.47. The number of nitrogens with zero attached hydrogens (tertiary/aromatic N) is 2. The number of carboxylic acid groups (broad SMARTS) is 1. The SMILES string of the molecule is CN1CC=NC=C1CC(N)C(=O)O. The molecule has 0 aromatic rings. The Morgan fingerprint density at radius 3 is 3.15 bits per heavy atom. The van der Waals surface area contributed by atoms with Crippen LogP contribution in [-0.4, -0.2) is 41.8 Å². The van der Waals surface area contributed by atoms with Gasteiger partial charge in [-0.2, -0.15) is 0 Å². The van der Waals surface area contributed by atoms with E-state index in [2.05, 4.69) is 4.99 Å². The molecule has 1 unspecified atom stereocenters. The van der Waals surface area contributed by atoms with Crippen molar-refractivity contribution >= 4 is 12.2 Å². The number of aliphatic imine (C=N–C) groups is 1. The van der Waals surface area contributed by atoms with Gasteiger partial charge in [0.05, 0.1) is 6.54 Å². The van der Waals surface area contributed by atoms with Crippen molar-refractivity contribution < 1.29 is 9.90 Å². The van der Waals surface area contributed by atoms with Crippen LogP contribution in [0, 0.1) is 0 Å². The van der Waals surface area contributed by atoms with Crippen molar-refractivity contribution in [1.29, 1.82) is 0 Å². The van der Waals surface area contributed by atoms with Crippen molar-refractivity contribution in [2.45, 2.75) is 12.5 Å². The van der Waals surface area contributed by atoms with E-state index >= 15 is 0 Å². The highest BCUT2D eigenvalue weighted by molar-refractivity contribution is 5.73. The third kappa shape index (κ3) is 2.55. The molecule has 0 amide bonds. The van der Waals surface area contributed by atoms with Gasteiger partial charge in [0.1, 0.15) is 6.04 Å².